The van der Waals surface area contributed by atoms with Gasteiger partial charge < -0.3 is 19.5 Å². The zero-order chi connectivity index (χ0) is 23.3. The fraction of sp³-hybridized carbons (Fsp3) is 0.379. The fourth-order valence-corrected chi connectivity index (χ4v) is 5.45. The van der Waals surface area contributed by atoms with Crippen LogP contribution >= 0.6 is 0 Å². The summed E-state index contributed by atoms with van der Waals surface area (Å²) in [6.07, 6.45) is 2.28. The quantitative estimate of drug-likeness (QED) is 0.471. The molecule has 178 valence electrons. The number of benzene rings is 3. The summed E-state index contributed by atoms with van der Waals surface area (Å²) in [5.41, 5.74) is 2.29. The van der Waals surface area contributed by atoms with Gasteiger partial charge in [0, 0.05) is 25.6 Å². The molecule has 0 amide bonds. The average molecular weight is 462 g/mol. The van der Waals surface area contributed by atoms with E-state index < -0.39 is 0 Å². The molecule has 5 heteroatoms. The lowest BCUT2D eigenvalue weighted by Crippen LogP contribution is -2.30. The summed E-state index contributed by atoms with van der Waals surface area (Å²) in [4.78, 5) is 2.49. The lowest BCUT2D eigenvalue weighted by Gasteiger charge is -2.24. The van der Waals surface area contributed by atoms with E-state index in [1.165, 1.54) is 12.1 Å². The molecule has 34 heavy (non-hydrogen) atoms. The Bertz CT molecular complexity index is 1030. The SMILES string of the molecule is OCC(CN1C[C@H]2CC(Oc3ccc(F)cc3)C[C@H]2C1)c1ccc(OCc2ccccc2)cc1. The smallest absolute Gasteiger partial charge is 0.123 e. The third-order valence-corrected chi connectivity index (χ3v) is 7.20. The highest BCUT2D eigenvalue weighted by atomic mass is 19.1. The van der Waals surface area contributed by atoms with Crippen molar-refractivity contribution in [2.75, 3.05) is 26.2 Å². The van der Waals surface area contributed by atoms with Gasteiger partial charge in [0.1, 0.15) is 23.9 Å². The van der Waals surface area contributed by atoms with Crippen molar-refractivity contribution in [1.82, 2.24) is 4.90 Å². The molecule has 4 atom stereocenters. The van der Waals surface area contributed by atoms with Gasteiger partial charge in [-0.15, -0.1) is 0 Å². The molecule has 1 heterocycles. The highest BCUT2D eigenvalue weighted by Crippen LogP contribution is 2.40. The van der Waals surface area contributed by atoms with E-state index >= 15 is 0 Å². The molecular weight excluding hydrogens is 429 g/mol. The molecule has 2 unspecified atom stereocenters. The summed E-state index contributed by atoms with van der Waals surface area (Å²) < 4.78 is 25.1. The second-order valence-electron chi connectivity index (χ2n) is 9.63. The molecule has 1 N–H and O–H groups in total. The van der Waals surface area contributed by atoms with Crippen LogP contribution in [0.2, 0.25) is 0 Å². The summed E-state index contributed by atoms with van der Waals surface area (Å²) in [6, 6.07) is 24.6. The Morgan fingerprint density at radius 2 is 1.50 bits per heavy atom. The van der Waals surface area contributed by atoms with Crippen LogP contribution in [0.25, 0.3) is 0 Å². The summed E-state index contributed by atoms with van der Waals surface area (Å²) in [5.74, 6) is 2.69. The standard InChI is InChI=1S/C29H32FNO3/c30-26-8-12-28(13-9-26)34-29-14-23-16-31(17-24(23)15-29)18-25(19-32)22-6-10-27(11-7-22)33-20-21-4-2-1-3-5-21/h1-13,23-25,29,32H,14-20H2/t23-,24+,25?,29?. The van der Waals surface area contributed by atoms with E-state index in [0.29, 0.717) is 18.4 Å². The predicted octanol–water partition coefficient (Wildman–Crippen LogP) is 5.27. The lowest BCUT2D eigenvalue weighted by atomic mass is 9.99. The van der Waals surface area contributed by atoms with Crippen LogP contribution in [-0.4, -0.2) is 42.4 Å². The Labute approximate surface area is 200 Å². The van der Waals surface area contributed by atoms with E-state index in [4.69, 9.17) is 9.47 Å². The van der Waals surface area contributed by atoms with Gasteiger partial charge >= 0.3 is 0 Å². The monoisotopic (exact) mass is 461 g/mol. The van der Waals surface area contributed by atoms with Gasteiger partial charge in [-0.1, -0.05) is 42.5 Å². The van der Waals surface area contributed by atoms with E-state index in [1.807, 2.05) is 30.3 Å². The van der Waals surface area contributed by atoms with Gasteiger partial charge in [-0.2, -0.15) is 0 Å². The molecule has 3 aromatic carbocycles. The van der Waals surface area contributed by atoms with Crippen molar-refractivity contribution in [3.8, 4) is 11.5 Å². The van der Waals surface area contributed by atoms with Crippen LogP contribution in [0, 0.1) is 17.7 Å². The molecule has 2 fully saturated rings. The Morgan fingerprint density at radius 1 is 0.853 bits per heavy atom. The maximum absolute atomic E-state index is 13.1. The molecular formula is C29H32FNO3. The maximum Gasteiger partial charge on any atom is 0.123 e. The lowest BCUT2D eigenvalue weighted by molar-refractivity contribution is 0.175. The fourth-order valence-electron chi connectivity index (χ4n) is 5.45. The largest absolute Gasteiger partial charge is 0.490 e. The molecule has 0 spiro atoms. The van der Waals surface area contributed by atoms with Gasteiger partial charge in [0.15, 0.2) is 0 Å². The number of nitrogens with zero attached hydrogens (tertiary/aromatic N) is 1. The van der Waals surface area contributed by atoms with Crippen LogP contribution in [0.5, 0.6) is 11.5 Å². The third kappa shape index (κ3) is 5.60. The van der Waals surface area contributed by atoms with Crippen molar-refractivity contribution in [2.45, 2.75) is 31.5 Å². The second-order valence-corrected chi connectivity index (χ2v) is 9.63. The number of fused-ring (bicyclic) bond motifs is 1. The number of hydrogen-bond donors (Lipinski definition) is 1. The summed E-state index contributed by atoms with van der Waals surface area (Å²) >= 11 is 0. The van der Waals surface area contributed by atoms with Gasteiger partial charge in [0.05, 0.1) is 12.7 Å². The van der Waals surface area contributed by atoms with Gasteiger partial charge in [-0.3, -0.25) is 0 Å². The summed E-state index contributed by atoms with van der Waals surface area (Å²) in [7, 11) is 0. The van der Waals surface area contributed by atoms with E-state index in [2.05, 4.69) is 29.2 Å². The highest BCUT2D eigenvalue weighted by molar-refractivity contribution is 5.30. The summed E-state index contributed by atoms with van der Waals surface area (Å²) in [6.45, 7) is 3.63. The minimum Gasteiger partial charge on any atom is -0.490 e. The molecule has 1 aliphatic carbocycles. The van der Waals surface area contributed by atoms with Crippen LogP contribution in [0.1, 0.15) is 29.9 Å². The topological polar surface area (TPSA) is 41.9 Å². The number of aliphatic hydroxyl groups is 1. The maximum atomic E-state index is 13.1. The molecule has 0 radical (unpaired) electrons. The van der Waals surface area contributed by atoms with Gasteiger partial charge in [-0.05, 0) is 72.2 Å². The molecule has 1 aliphatic heterocycles. The number of aliphatic hydroxyl groups excluding tert-OH is 1. The Kier molecular flexibility index (Phi) is 7.12. The van der Waals surface area contributed by atoms with E-state index in [1.54, 1.807) is 12.1 Å². The van der Waals surface area contributed by atoms with E-state index in [9.17, 15) is 9.50 Å². The highest BCUT2D eigenvalue weighted by Gasteiger charge is 2.42. The number of likely N-dealkylation sites (tertiary alicyclic amines) is 1. The number of ether oxygens (including phenoxy) is 2. The first-order chi connectivity index (χ1) is 16.7. The van der Waals surface area contributed by atoms with Crippen LogP contribution < -0.4 is 9.47 Å². The average Bonchev–Trinajstić information content (AvgIpc) is 3.42. The first kappa shape index (κ1) is 22.9. The predicted molar refractivity (Wildman–Crippen MR) is 131 cm³/mol. The molecule has 2 aliphatic rings. The molecule has 0 bridgehead atoms. The van der Waals surface area contributed by atoms with E-state index in [0.717, 1.165) is 55.1 Å². The third-order valence-electron chi connectivity index (χ3n) is 7.20. The molecule has 1 saturated carbocycles. The Hall–Kier alpha value is -2.89. The minimum atomic E-state index is -0.237. The molecule has 5 rings (SSSR count). The molecule has 0 aromatic heterocycles. The van der Waals surface area contributed by atoms with Crippen molar-refractivity contribution >= 4 is 0 Å². The van der Waals surface area contributed by atoms with Crippen molar-refractivity contribution in [3.05, 3.63) is 95.8 Å². The van der Waals surface area contributed by atoms with Crippen LogP contribution in [0.4, 0.5) is 4.39 Å². The summed E-state index contributed by atoms with van der Waals surface area (Å²) in [5, 5.41) is 10.1. The zero-order valence-electron chi connectivity index (χ0n) is 19.4. The molecule has 3 aromatic rings. The normalized spacial score (nSPS) is 22.9. The van der Waals surface area contributed by atoms with Crippen LogP contribution in [0.3, 0.4) is 0 Å². The Balaban J connectivity index is 1.10. The zero-order valence-corrected chi connectivity index (χ0v) is 19.4. The Morgan fingerprint density at radius 3 is 2.15 bits per heavy atom. The van der Waals surface area contributed by atoms with Gasteiger partial charge in [0.2, 0.25) is 0 Å². The first-order valence-electron chi connectivity index (χ1n) is 12.2. The minimum absolute atomic E-state index is 0.0910. The molecule has 1 saturated heterocycles. The van der Waals surface area contributed by atoms with Gasteiger partial charge in [0.25, 0.3) is 0 Å². The van der Waals surface area contributed by atoms with E-state index in [-0.39, 0.29) is 24.4 Å². The van der Waals surface area contributed by atoms with Crippen molar-refractivity contribution in [1.29, 1.82) is 0 Å². The van der Waals surface area contributed by atoms with Crippen LogP contribution in [0.15, 0.2) is 78.9 Å². The number of rotatable bonds is 9. The number of halogens is 1. The van der Waals surface area contributed by atoms with Gasteiger partial charge in [-0.25, -0.2) is 4.39 Å². The molecule has 4 nitrogen and oxygen atoms in total. The van der Waals surface area contributed by atoms with Crippen molar-refractivity contribution in [3.63, 3.8) is 0 Å². The first-order valence-corrected chi connectivity index (χ1v) is 12.2. The van der Waals surface area contributed by atoms with Crippen molar-refractivity contribution in [2.24, 2.45) is 11.8 Å². The number of hydrogen-bond acceptors (Lipinski definition) is 4. The van der Waals surface area contributed by atoms with Crippen molar-refractivity contribution < 1.29 is 19.0 Å². The van der Waals surface area contributed by atoms with Crippen LogP contribution in [-0.2, 0) is 6.61 Å². The second kappa shape index (κ2) is 10.6.